The maximum atomic E-state index is 12.1. The summed E-state index contributed by atoms with van der Waals surface area (Å²) in [5.41, 5.74) is 0.0828. The van der Waals surface area contributed by atoms with E-state index in [4.69, 9.17) is 51.8 Å². The van der Waals surface area contributed by atoms with Crippen molar-refractivity contribution in [3.05, 3.63) is 24.3 Å². The number of benzene rings is 1. The first kappa shape index (κ1) is 21.1. The molecule has 0 fully saturated rings. The highest BCUT2D eigenvalue weighted by Gasteiger charge is 2.36. The van der Waals surface area contributed by atoms with Crippen molar-refractivity contribution in [2.75, 3.05) is 12.4 Å². The number of hydrogen-bond donors (Lipinski definition) is 3. The van der Waals surface area contributed by atoms with Crippen LogP contribution in [0, 0.1) is 5.41 Å². The highest BCUT2D eigenvalue weighted by Crippen LogP contribution is 2.30. The second kappa shape index (κ2) is 8.43. The molecule has 0 aliphatic carbocycles. The Labute approximate surface area is 162 Å². The van der Waals surface area contributed by atoms with Crippen LogP contribution < -0.4 is 20.7 Å². The fraction of sp³-hybridized carbons (Fsp3) is 0.467. The molecule has 0 aliphatic heterocycles. The molecule has 0 bridgehead atoms. The van der Waals surface area contributed by atoms with Crippen molar-refractivity contribution in [3.63, 3.8) is 0 Å². The molecule has 134 valence electrons. The van der Waals surface area contributed by atoms with Crippen LogP contribution in [0.25, 0.3) is 0 Å². The predicted octanol–water partition coefficient (Wildman–Crippen LogP) is 3.84. The maximum absolute atomic E-state index is 12.1. The van der Waals surface area contributed by atoms with Crippen molar-refractivity contribution < 1.29 is 9.53 Å². The normalized spacial score (nSPS) is 13.0. The Kier molecular flexibility index (Phi) is 7.41. The van der Waals surface area contributed by atoms with Crippen molar-refractivity contribution in [1.82, 2.24) is 10.6 Å². The van der Waals surface area contributed by atoms with E-state index in [0.717, 1.165) is 11.4 Å². The minimum atomic E-state index is -1.79. The molecule has 24 heavy (non-hydrogen) atoms. The minimum absolute atomic E-state index is 0.200. The largest absolute Gasteiger partial charge is 0.497 e. The summed E-state index contributed by atoms with van der Waals surface area (Å²) in [4.78, 5) is 12.1. The van der Waals surface area contributed by atoms with Crippen LogP contribution in [0.3, 0.4) is 0 Å². The summed E-state index contributed by atoms with van der Waals surface area (Å²) in [7, 11) is 1.58. The van der Waals surface area contributed by atoms with Crippen LogP contribution >= 0.6 is 47.0 Å². The van der Waals surface area contributed by atoms with Gasteiger partial charge in [0.1, 0.15) is 11.9 Å². The number of hydrogen-bond acceptors (Lipinski definition) is 3. The van der Waals surface area contributed by atoms with Gasteiger partial charge in [-0.15, -0.1) is 0 Å². The predicted molar refractivity (Wildman–Crippen MR) is 104 cm³/mol. The molecular weight excluding hydrogens is 393 g/mol. The summed E-state index contributed by atoms with van der Waals surface area (Å²) in [6, 6.07) is 7.12. The van der Waals surface area contributed by atoms with E-state index < -0.39 is 15.4 Å². The van der Waals surface area contributed by atoms with E-state index in [1.165, 1.54) is 0 Å². The first-order chi connectivity index (χ1) is 10.9. The number of rotatable bonds is 4. The van der Waals surface area contributed by atoms with Gasteiger partial charge in [-0.1, -0.05) is 55.6 Å². The Hall–Kier alpha value is -0.950. The smallest absolute Gasteiger partial charge is 0.228 e. The lowest BCUT2D eigenvalue weighted by atomic mass is 9.95. The van der Waals surface area contributed by atoms with E-state index in [2.05, 4.69) is 16.0 Å². The van der Waals surface area contributed by atoms with Gasteiger partial charge in [-0.05, 0) is 36.5 Å². The van der Waals surface area contributed by atoms with E-state index in [0.29, 0.717) is 0 Å². The monoisotopic (exact) mass is 411 g/mol. The zero-order valence-corrected chi connectivity index (χ0v) is 16.8. The first-order valence-electron chi connectivity index (χ1n) is 7.02. The van der Waals surface area contributed by atoms with Gasteiger partial charge in [-0.25, -0.2) is 0 Å². The molecule has 1 rings (SSSR count). The third kappa shape index (κ3) is 6.89. The van der Waals surface area contributed by atoms with Crippen LogP contribution in [0.4, 0.5) is 5.69 Å². The first-order valence-corrected chi connectivity index (χ1v) is 8.57. The van der Waals surface area contributed by atoms with Gasteiger partial charge in [-0.3, -0.25) is 4.79 Å². The molecule has 0 aromatic heterocycles. The van der Waals surface area contributed by atoms with Gasteiger partial charge >= 0.3 is 0 Å². The number of anilines is 1. The summed E-state index contributed by atoms with van der Waals surface area (Å²) in [6.45, 7) is 5.27. The topological polar surface area (TPSA) is 62.4 Å². The fourth-order valence-electron chi connectivity index (χ4n) is 1.52. The summed E-state index contributed by atoms with van der Waals surface area (Å²) in [5, 5.41) is 8.58. The van der Waals surface area contributed by atoms with Crippen LogP contribution in [0.5, 0.6) is 5.75 Å². The Morgan fingerprint density at radius 1 is 1.12 bits per heavy atom. The standard InChI is InChI=1S/C15H20Cl3N3O2S/c1-14(2,3)12(22)20-11(15(16,17)18)21-13(24)19-9-5-7-10(23-4)8-6-9/h5-8,11H,1-4H3,(H,20,22)(H2,19,21,24)/t11-/m1/s1. The van der Waals surface area contributed by atoms with Crippen LogP contribution in [0.2, 0.25) is 0 Å². The van der Waals surface area contributed by atoms with Gasteiger partial charge in [0.05, 0.1) is 7.11 Å². The molecule has 1 aromatic carbocycles. The van der Waals surface area contributed by atoms with Gasteiger partial charge in [0.25, 0.3) is 0 Å². The van der Waals surface area contributed by atoms with E-state index in [9.17, 15) is 4.79 Å². The molecule has 1 atom stereocenters. The highest BCUT2D eigenvalue weighted by atomic mass is 35.6. The van der Waals surface area contributed by atoms with Gasteiger partial charge < -0.3 is 20.7 Å². The van der Waals surface area contributed by atoms with E-state index in [1.807, 2.05) is 0 Å². The molecule has 0 spiro atoms. The molecule has 0 radical (unpaired) electrons. The fourth-order valence-corrected chi connectivity index (χ4v) is 2.08. The number of methoxy groups -OCH3 is 1. The molecule has 0 saturated carbocycles. The van der Waals surface area contributed by atoms with Gasteiger partial charge in [0.2, 0.25) is 9.70 Å². The average Bonchev–Trinajstić information content (AvgIpc) is 2.45. The Morgan fingerprint density at radius 2 is 1.67 bits per heavy atom. The Morgan fingerprint density at radius 3 is 2.08 bits per heavy atom. The molecule has 9 heteroatoms. The van der Waals surface area contributed by atoms with Gasteiger partial charge in [0.15, 0.2) is 5.11 Å². The number of nitrogens with one attached hydrogen (secondary N) is 3. The van der Waals surface area contributed by atoms with Crippen LogP contribution in [0.1, 0.15) is 20.8 Å². The van der Waals surface area contributed by atoms with E-state index >= 15 is 0 Å². The van der Waals surface area contributed by atoms with E-state index in [1.54, 1.807) is 52.1 Å². The SMILES string of the molecule is COc1ccc(NC(=S)N[C@@H](NC(=O)C(C)(C)C)C(Cl)(Cl)Cl)cc1. The molecule has 3 N–H and O–H groups in total. The lowest BCUT2D eigenvalue weighted by molar-refractivity contribution is -0.129. The summed E-state index contributed by atoms with van der Waals surface area (Å²) < 4.78 is 3.30. The summed E-state index contributed by atoms with van der Waals surface area (Å²) >= 11 is 23.0. The zero-order valence-electron chi connectivity index (χ0n) is 13.7. The Bertz CT molecular complexity index is 583. The molecule has 1 aromatic rings. The molecule has 0 aliphatic rings. The molecule has 1 amide bonds. The molecule has 0 saturated heterocycles. The van der Waals surface area contributed by atoms with Crippen molar-refractivity contribution >= 4 is 63.7 Å². The quantitative estimate of drug-likeness (QED) is 0.398. The third-order valence-electron chi connectivity index (χ3n) is 2.91. The van der Waals surface area contributed by atoms with Crippen molar-refractivity contribution in [1.29, 1.82) is 0 Å². The minimum Gasteiger partial charge on any atom is -0.497 e. The molecule has 0 heterocycles. The van der Waals surface area contributed by atoms with Crippen LogP contribution in [-0.4, -0.2) is 28.1 Å². The van der Waals surface area contributed by atoms with E-state index in [-0.39, 0.29) is 11.0 Å². The number of halogens is 3. The van der Waals surface area contributed by atoms with Crippen molar-refractivity contribution in [3.8, 4) is 5.75 Å². The average molecular weight is 413 g/mol. The second-order valence-electron chi connectivity index (χ2n) is 6.03. The number of alkyl halides is 3. The van der Waals surface area contributed by atoms with Crippen LogP contribution in [0.15, 0.2) is 24.3 Å². The summed E-state index contributed by atoms with van der Waals surface area (Å²) in [6.07, 6.45) is -0.993. The van der Waals surface area contributed by atoms with Gasteiger partial charge in [0, 0.05) is 11.1 Å². The third-order valence-corrected chi connectivity index (χ3v) is 3.78. The van der Waals surface area contributed by atoms with Gasteiger partial charge in [-0.2, -0.15) is 0 Å². The highest BCUT2D eigenvalue weighted by molar-refractivity contribution is 7.80. The number of thiocarbonyl (C=S) groups is 1. The number of carbonyl (C=O) groups excluding carboxylic acids is 1. The van der Waals surface area contributed by atoms with Crippen molar-refractivity contribution in [2.45, 2.75) is 30.7 Å². The Balaban J connectivity index is 2.75. The lowest BCUT2D eigenvalue weighted by Crippen LogP contribution is -2.58. The van der Waals surface area contributed by atoms with Crippen LogP contribution in [-0.2, 0) is 4.79 Å². The molecule has 5 nitrogen and oxygen atoms in total. The lowest BCUT2D eigenvalue weighted by Gasteiger charge is -2.30. The molecule has 0 unspecified atom stereocenters. The number of ether oxygens (including phenoxy) is 1. The maximum Gasteiger partial charge on any atom is 0.228 e. The number of amides is 1. The molecular formula is C15H20Cl3N3O2S. The second-order valence-corrected chi connectivity index (χ2v) is 8.80. The van der Waals surface area contributed by atoms with Crippen molar-refractivity contribution in [2.24, 2.45) is 5.41 Å². The zero-order chi connectivity index (χ0) is 18.5. The number of carbonyl (C=O) groups is 1. The summed E-state index contributed by atoms with van der Waals surface area (Å²) in [5.74, 6) is 0.439.